The van der Waals surface area contributed by atoms with Crippen molar-refractivity contribution in [2.75, 3.05) is 19.8 Å². The number of hydrogen-bond acceptors (Lipinski definition) is 14. The topological polar surface area (TPSA) is 208 Å². The van der Waals surface area contributed by atoms with Crippen LogP contribution in [0.3, 0.4) is 0 Å². The third kappa shape index (κ3) is 11.9. The molecule has 0 unspecified atom stereocenters. The molecule has 0 bridgehead atoms. The Bertz CT molecular complexity index is 2200. The Morgan fingerprint density at radius 1 is 0.625 bits per heavy atom. The highest BCUT2D eigenvalue weighted by atomic mass is 19.2. The van der Waals surface area contributed by atoms with Crippen LogP contribution in [-0.2, 0) is 57.2 Å². The molecule has 1 heterocycles. The second-order valence-electron chi connectivity index (χ2n) is 14.6. The molecule has 344 valence electrons. The summed E-state index contributed by atoms with van der Waals surface area (Å²) in [6.45, 7) is 3.33. The van der Waals surface area contributed by atoms with Crippen molar-refractivity contribution >= 4 is 41.8 Å². The number of hydrogen-bond donors (Lipinski definition) is 2. The zero-order valence-electron chi connectivity index (χ0n) is 34.7. The average Bonchev–Trinajstić information content (AvgIpc) is 3.56. The van der Waals surface area contributed by atoms with E-state index >= 15 is 0 Å². The molecule has 0 radical (unpaired) electrons. The summed E-state index contributed by atoms with van der Waals surface area (Å²) >= 11 is 0. The van der Waals surface area contributed by atoms with Crippen LogP contribution in [0.15, 0.2) is 48.5 Å². The van der Waals surface area contributed by atoms with Gasteiger partial charge in [-0.25, -0.2) is 22.8 Å². The van der Waals surface area contributed by atoms with E-state index in [4.69, 9.17) is 28.4 Å². The van der Waals surface area contributed by atoms with Gasteiger partial charge in [0.05, 0.1) is 6.42 Å². The molecule has 0 spiro atoms. The SMILES string of the molecule is CC(=O)OC[C@H]1O[C@@H](CC(=O)NCCCC[C@H](NC(=O)OCC2c3ccccc3-c3ccccc32)C(=O)Oc2c(F)c(F)c(F)c(F)c2F)[C@H](OC(C)=O)[C@@H](OC(C)=O)[C@@H]1OC(C)=O. The van der Waals surface area contributed by atoms with Gasteiger partial charge in [0.15, 0.2) is 18.3 Å². The van der Waals surface area contributed by atoms with Gasteiger partial charge in [0.25, 0.3) is 0 Å². The molecule has 2 amide bonds. The van der Waals surface area contributed by atoms with E-state index < -0.39 is 132 Å². The number of esters is 5. The van der Waals surface area contributed by atoms with Crippen molar-refractivity contribution in [1.29, 1.82) is 0 Å². The Balaban J connectivity index is 1.25. The van der Waals surface area contributed by atoms with Crippen LogP contribution in [0, 0.1) is 29.1 Å². The lowest BCUT2D eigenvalue weighted by atomic mass is 9.92. The number of nitrogens with one attached hydrogen (secondary N) is 2. The van der Waals surface area contributed by atoms with E-state index in [9.17, 15) is 55.5 Å². The standard InChI is InChI=1S/C43H43F5N2O14/c1-20(51)58-19-31-39(61-22(3)53)41(62-23(4)54)38(60-21(2)52)30(63-31)17-32(55)49-16-10-9-15-29(42(56)64-40-36(47)34(45)33(44)35(46)37(40)48)50-43(57)59-18-28-26-13-7-5-11-24(26)25-12-6-8-14-27(25)28/h5-8,11-14,28-31,38-39,41H,9-10,15-19H2,1-4H3,(H,49,55)(H,50,57)/t29-,30-,31+,38-,39+,41+/m0/s1. The predicted molar refractivity (Wildman–Crippen MR) is 207 cm³/mol. The van der Waals surface area contributed by atoms with Crippen LogP contribution in [0.25, 0.3) is 11.1 Å². The highest BCUT2D eigenvalue weighted by Gasteiger charge is 2.52. The van der Waals surface area contributed by atoms with Crippen LogP contribution < -0.4 is 15.4 Å². The predicted octanol–water partition coefficient (Wildman–Crippen LogP) is 5.00. The van der Waals surface area contributed by atoms with Crippen LogP contribution in [-0.4, -0.2) is 98.2 Å². The Morgan fingerprint density at radius 2 is 1.14 bits per heavy atom. The van der Waals surface area contributed by atoms with E-state index in [0.29, 0.717) is 0 Å². The number of carbonyl (C=O) groups excluding carboxylic acids is 7. The van der Waals surface area contributed by atoms with Crippen molar-refractivity contribution in [2.24, 2.45) is 0 Å². The van der Waals surface area contributed by atoms with Gasteiger partial charge in [0, 0.05) is 40.2 Å². The second-order valence-corrected chi connectivity index (χ2v) is 14.6. The van der Waals surface area contributed by atoms with Crippen molar-refractivity contribution in [1.82, 2.24) is 10.6 Å². The molecule has 64 heavy (non-hydrogen) atoms. The fraction of sp³-hybridized carbons (Fsp3) is 0.419. The summed E-state index contributed by atoms with van der Waals surface area (Å²) in [7, 11) is 0. The molecular formula is C43H43F5N2O14. The van der Waals surface area contributed by atoms with E-state index in [2.05, 4.69) is 15.4 Å². The molecule has 0 saturated carbocycles. The van der Waals surface area contributed by atoms with Crippen molar-refractivity contribution in [3.63, 3.8) is 0 Å². The molecule has 16 nitrogen and oxygen atoms in total. The largest absolute Gasteiger partial charge is 0.463 e. The van der Waals surface area contributed by atoms with Gasteiger partial charge in [-0.05, 0) is 41.5 Å². The summed E-state index contributed by atoms with van der Waals surface area (Å²) < 4.78 is 108. The lowest BCUT2D eigenvalue weighted by Crippen LogP contribution is -2.62. The van der Waals surface area contributed by atoms with Crippen molar-refractivity contribution in [3.05, 3.63) is 88.7 Å². The molecule has 21 heteroatoms. The molecule has 1 saturated heterocycles. The normalized spacial score (nSPS) is 19.2. The molecule has 0 aromatic heterocycles. The summed E-state index contributed by atoms with van der Waals surface area (Å²) in [6.07, 6.45) is -9.22. The molecule has 1 aliphatic carbocycles. The molecule has 6 atom stereocenters. The first-order valence-electron chi connectivity index (χ1n) is 19.8. The van der Waals surface area contributed by atoms with Crippen molar-refractivity contribution < 1.29 is 88.7 Å². The molecule has 2 aliphatic rings. The third-order valence-corrected chi connectivity index (χ3v) is 10.0. The highest BCUT2D eigenvalue weighted by molar-refractivity contribution is 5.83. The van der Waals surface area contributed by atoms with Gasteiger partial charge in [-0.3, -0.25) is 24.0 Å². The van der Waals surface area contributed by atoms with Gasteiger partial charge in [-0.2, -0.15) is 8.78 Å². The minimum absolute atomic E-state index is 0.0418. The molecule has 2 N–H and O–H groups in total. The van der Waals surface area contributed by atoms with Crippen LogP contribution in [0.5, 0.6) is 5.75 Å². The average molecular weight is 907 g/mol. The fourth-order valence-corrected chi connectivity index (χ4v) is 7.32. The van der Waals surface area contributed by atoms with E-state index in [1.165, 1.54) is 0 Å². The number of alkyl carbamates (subject to hydrolysis) is 1. The van der Waals surface area contributed by atoms with Crippen LogP contribution >= 0.6 is 0 Å². The summed E-state index contributed by atoms with van der Waals surface area (Å²) in [5, 5.41) is 4.80. The minimum Gasteiger partial charge on any atom is -0.463 e. The van der Waals surface area contributed by atoms with Gasteiger partial charge >= 0.3 is 35.9 Å². The van der Waals surface area contributed by atoms with E-state index in [-0.39, 0.29) is 32.4 Å². The minimum atomic E-state index is -2.49. The Kier molecular flexibility index (Phi) is 16.4. The molecule has 1 aliphatic heterocycles. The first-order valence-corrected chi connectivity index (χ1v) is 19.8. The number of fused-ring (bicyclic) bond motifs is 3. The lowest BCUT2D eigenvalue weighted by molar-refractivity contribution is -0.252. The highest BCUT2D eigenvalue weighted by Crippen LogP contribution is 2.44. The molecule has 3 aromatic carbocycles. The lowest BCUT2D eigenvalue weighted by Gasteiger charge is -2.44. The summed E-state index contributed by atoms with van der Waals surface area (Å²) in [5.74, 6) is -20.1. The number of amides is 2. The Labute approximate surface area is 362 Å². The molecule has 5 rings (SSSR count). The maximum absolute atomic E-state index is 14.5. The van der Waals surface area contributed by atoms with Crippen LogP contribution in [0.2, 0.25) is 0 Å². The van der Waals surface area contributed by atoms with E-state index in [1.807, 2.05) is 48.5 Å². The number of benzene rings is 3. The molecule has 3 aromatic rings. The van der Waals surface area contributed by atoms with Gasteiger partial charge in [-0.1, -0.05) is 48.5 Å². The maximum Gasteiger partial charge on any atom is 0.407 e. The first-order chi connectivity index (χ1) is 30.4. The van der Waals surface area contributed by atoms with Crippen LogP contribution in [0.1, 0.15) is 70.4 Å². The number of carbonyl (C=O) groups is 7. The van der Waals surface area contributed by atoms with Gasteiger partial charge in [0.2, 0.25) is 40.7 Å². The molecule has 1 fully saturated rings. The number of ether oxygens (including phenoxy) is 7. The third-order valence-electron chi connectivity index (χ3n) is 10.0. The Morgan fingerprint density at radius 3 is 1.69 bits per heavy atom. The summed E-state index contributed by atoms with van der Waals surface area (Å²) in [4.78, 5) is 87.5. The number of halogens is 5. The quantitative estimate of drug-likeness (QED) is 0.0348. The summed E-state index contributed by atoms with van der Waals surface area (Å²) in [5.41, 5.74) is 3.55. The Hall–Kier alpha value is -6.64. The van der Waals surface area contributed by atoms with Crippen molar-refractivity contribution in [2.45, 2.75) is 95.9 Å². The van der Waals surface area contributed by atoms with Gasteiger partial charge in [0.1, 0.15) is 31.5 Å². The number of unbranched alkanes of at least 4 members (excludes halogenated alkanes) is 1. The monoisotopic (exact) mass is 906 g/mol. The smallest absolute Gasteiger partial charge is 0.407 e. The molecular weight excluding hydrogens is 863 g/mol. The van der Waals surface area contributed by atoms with Crippen molar-refractivity contribution in [3.8, 4) is 16.9 Å². The second kappa shape index (κ2) is 21.6. The van der Waals surface area contributed by atoms with E-state index in [1.54, 1.807) is 0 Å². The first kappa shape index (κ1) is 48.4. The van der Waals surface area contributed by atoms with E-state index in [0.717, 1.165) is 49.9 Å². The summed E-state index contributed by atoms with van der Waals surface area (Å²) in [6, 6.07) is 13.0. The zero-order valence-corrected chi connectivity index (χ0v) is 34.7. The fourth-order valence-electron chi connectivity index (χ4n) is 7.32. The maximum atomic E-state index is 14.5. The van der Waals surface area contributed by atoms with Gasteiger partial charge in [-0.15, -0.1) is 0 Å². The van der Waals surface area contributed by atoms with Crippen LogP contribution in [0.4, 0.5) is 26.7 Å². The number of rotatable bonds is 17. The zero-order chi connectivity index (χ0) is 46.8. The van der Waals surface area contributed by atoms with Gasteiger partial charge < -0.3 is 43.8 Å².